The fourth-order valence-corrected chi connectivity index (χ4v) is 4.05. The number of hydrogen-bond acceptors (Lipinski definition) is 4. The van der Waals surface area contributed by atoms with Gasteiger partial charge in [-0.15, -0.1) is 11.3 Å². The van der Waals surface area contributed by atoms with Crippen LogP contribution in [-0.2, 0) is 17.4 Å². The van der Waals surface area contributed by atoms with Gasteiger partial charge in [0, 0.05) is 16.4 Å². The second kappa shape index (κ2) is 8.87. The summed E-state index contributed by atoms with van der Waals surface area (Å²) in [5, 5.41) is 9.56. The molecule has 0 radical (unpaired) electrons. The van der Waals surface area contributed by atoms with Gasteiger partial charge in [0.2, 0.25) is 0 Å². The largest absolute Gasteiger partial charge is 0.493 e. The average Bonchev–Trinajstić information content (AvgIpc) is 3.07. The van der Waals surface area contributed by atoms with Gasteiger partial charge in [-0.25, -0.2) is 4.98 Å². The summed E-state index contributed by atoms with van der Waals surface area (Å²) < 4.78 is 44.1. The molecule has 0 aliphatic carbocycles. The van der Waals surface area contributed by atoms with Crippen molar-refractivity contribution in [2.24, 2.45) is 0 Å². The molecule has 8 heteroatoms. The number of aromatic nitrogens is 1. The van der Waals surface area contributed by atoms with Gasteiger partial charge in [-0.2, -0.15) is 13.2 Å². The fourth-order valence-electron chi connectivity index (χ4n) is 3.01. The maximum Gasteiger partial charge on any atom is 0.416 e. The lowest BCUT2D eigenvalue weighted by atomic mass is 10.1. The number of rotatable bonds is 7. The van der Waals surface area contributed by atoms with Gasteiger partial charge < -0.3 is 9.84 Å². The Bertz CT molecular complexity index is 1030. The Hall–Kier alpha value is -2.87. The lowest BCUT2D eigenvalue weighted by molar-refractivity contribution is -0.138. The molecule has 2 aromatic carbocycles. The van der Waals surface area contributed by atoms with Crippen LogP contribution in [-0.4, -0.2) is 22.7 Å². The molecule has 1 aromatic heterocycles. The number of carboxylic acid groups (broad SMARTS) is 1. The number of aryl methyl sites for hydroxylation is 1. The van der Waals surface area contributed by atoms with E-state index in [4.69, 9.17) is 9.84 Å². The molecule has 1 heterocycles. The summed E-state index contributed by atoms with van der Waals surface area (Å²) in [5.41, 5.74) is 1.43. The maximum atomic E-state index is 12.8. The minimum absolute atomic E-state index is 0.0485. The van der Waals surface area contributed by atoms with E-state index in [2.05, 4.69) is 4.98 Å². The first-order valence-corrected chi connectivity index (χ1v) is 10.0. The summed E-state index contributed by atoms with van der Waals surface area (Å²) in [7, 11) is 0. The molecule has 0 saturated heterocycles. The summed E-state index contributed by atoms with van der Waals surface area (Å²) in [6.07, 6.45) is -4.44. The van der Waals surface area contributed by atoms with Crippen molar-refractivity contribution in [3.8, 4) is 16.3 Å². The van der Waals surface area contributed by atoms with Crippen molar-refractivity contribution in [1.29, 1.82) is 0 Å². The van der Waals surface area contributed by atoms with Crippen LogP contribution in [0.4, 0.5) is 13.2 Å². The van der Waals surface area contributed by atoms with Crippen molar-refractivity contribution in [3.63, 3.8) is 0 Å². The van der Waals surface area contributed by atoms with E-state index >= 15 is 0 Å². The van der Waals surface area contributed by atoms with E-state index < -0.39 is 17.7 Å². The highest BCUT2D eigenvalue weighted by Crippen LogP contribution is 2.34. The lowest BCUT2D eigenvalue weighted by Gasteiger charge is -2.13. The zero-order valence-corrected chi connectivity index (χ0v) is 17.2. The zero-order valence-electron chi connectivity index (χ0n) is 16.4. The number of carboxylic acids is 1. The molecule has 30 heavy (non-hydrogen) atoms. The molecule has 0 bridgehead atoms. The molecule has 1 N–H and O–H groups in total. The first-order chi connectivity index (χ1) is 14.1. The Morgan fingerprint density at radius 1 is 1.20 bits per heavy atom. The van der Waals surface area contributed by atoms with E-state index in [0.717, 1.165) is 22.7 Å². The van der Waals surface area contributed by atoms with Gasteiger partial charge in [0.15, 0.2) is 0 Å². The summed E-state index contributed by atoms with van der Waals surface area (Å²) in [6, 6.07) is 11.9. The van der Waals surface area contributed by atoms with Crippen LogP contribution in [0.3, 0.4) is 0 Å². The third-order valence-corrected chi connectivity index (χ3v) is 5.55. The van der Waals surface area contributed by atoms with Crippen molar-refractivity contribution in [3.05, 3.63) is 70.2 Å². The summed E-state index contributed by atoms with van der Waals surface area (Å²) in [5.74, 6) is -0.376. The Kier molecular flexibility index (Phi) is 6.45. The highest BCUT2D eigenvalue weighted by Gasteiger charge is 2.30. The normalized spacial score (nSPS) is 12.6. The number of nitrogens with zero attached hydrogens (tertiary/aromatic N) is 1. The molecule has 158 valence electrons. The number of benzene rings is 2. The van der Waals surface area contributed by atoms with Crippen LogP contribution >= 0.6 is 11.3 Å². The predicted molar refractivity (Wildman–Crippen MR) is 109 cm³/mol. The Morgan fingerprint density at radius 3 is 2.53 bits per heavy atom. The molecular formula is C22H20F3NO3S. The molecule has 0 saturated carbocycles. The number of aliphatic carboxylic acids is 1. The first-order valence-electron chi connectivity index (χ1n) is 9.22. The van der Waals surface area contributed by atoms with Crippen molar-refractivity contribution < 1.29 is 27.8 Å². The van der Waals surface area contributed by atoms with E-state index in [1.807, 2.05) is 13.8 Å². The topological polar surface area (TPSA) is 59.4 Å². The SMILES string of the molecule is Cc1sc(-c2ccc(C(F)(F)F)cc2)nc1[C@@H](C)COc1cccc(CC(=O)O)c1. The maximum absolute atomic E-state index is 12.8. The van der Waals surface area contributed by atoms with Crippen LogP contribution in [0.15, 0.2) is 48.5 Å². The average molecular weight is 435 g/mol. The number of halogens is 3. The number of alkyl halides is 3. The van der Waals surface area contributed by atoms with Crippen molar-refractivity contribution in [2.75, 3.05) is 6.61 Å². The van der Waals surface area contributed by atoms with Gasteiger partial charge in [-0.1, -0.05) is 31.2 Å². The van der Waals surface area contributed by atoms with Crippen LogP contribution in [0, 0.1) is 6.92 Å². The third kappa shape index (κ3) is 5.38. The smallest absolute Gasteiger partial charge is 0.416 e. The van der Waals surface area contributed by atoms with Gasteiger partial charge in [0.05, 0.1) is 24.3 Å². The highest BCUT2D eigenvalue weighted by atomic mass is 32.1. The molecule has 3 rings (SSSR count). The number of hydrogen-bond donors (Lipinski definition) is 1. The molecule has 0 aliphatic rings. The van der Waals surface area contributed by atoms with E-state index in [9.17, 15) is 18.0 Å². The second-order valence-electron chi connectivity index (χ2n) is 6.97. The van der Waals surface area contributed by atoms with Crippen molar-refractivity contribution in [1.82, 2.24) is 4.98 Å². The molecule has 0 unspecified atom stereocenters. The van der Waals surface area contributed by atoms with Crippen molar-refractivity contribution in [2.45, 2.75) is 32.4 Å². The molecule has 0 fully saturated rings. The minimum Gasteiger partial charge on any atom is -0.493 e. The van der Waals surface area contributed by atoms with Crippen LogP contribution < -0.4 is 4.74 Å². The zero-order chi connectivity index (χ0) is 21.9. The van der Waals surface area contributed by atoms with Crippen LogP contribution in [0.1, 0.15) is 34.5 Å². The highest BCUT2D eigenvalue weighted by molar-refractivity contribution is 7.15. The molecule has 0 amide bonds. The van der Waals surface area contributed by atoms with Crippen LogP contribution in [0.2, 0.25) is 0 Å². The predicted octanol–water partition coefficient (Wildman–Crippen LogP) is 5.95. The van der Waals surface area contributed by atoms with Gasteiger partial charge >= 0.3 is 12.1 Å². The van der Waals surface area contributed by atoms with E-state index in [-0.39, 0.29) is 12.3 Å². The van der Waals surface area contributed by atoms with Gasteiger partial charge in [-0.05, 0) is 36.8 Å². The molecule has 4 nitrogen and oxygen atoms in total. The van der Waals surface area contributed by atoms with E-state index in [0.29, 0.717) is 28.5 Å². The second-order valence-corrected chi connectivity index (χ2v) is 8.17. The molecule has 1 atom stereocenters. The number of ether oxygens (including phenoxy) is 1. The third-order valence-electron chi connectivity index (χ3n) is 4.51. The Morgan fingerprint density at radius 2 is 1.90 bits per heavy atom. The fraction of sp³-hybridized carbons (Fsp3) is 0.273. The van der Waals surface area contributed by atoms with E-state index in [1.54, 1.807) is 24.3 Å². The van der Waals surface area contributed by atoms with Gasteiger partial charge in [-0.3, -0.25) is 4.79 Å². The summed E-state index contributed by atoms with van der Waals surface area (Å²) >= 11 is 1.43. The van der Waals surface area contributed by atoms with Crippen LogP contribution in [0.25, 0.3) is 10.6 Å². The number of thiazole rings is 1. The molecule has 0 aliphatic heterocycles. The molecular weight excluding hydrogens is 415 g/mol. The minimum atomic E-state index is -4.36. The molecule has 0 spiro atoms. The number of carbonyl (C=O) groups is 1. The molecule has 3 aromatic rings. The monoisotopic (exact) mass is 435 g/mol. The van der Waals surface area contributed by atoms with Crippen LogP contribution in [0.5, 0.6) is 5.75 Å². The summed E-state index contributed by atoms with van der Waals surface area (Å²) in [6.45, 7) is 4.22. The summed E-state index contributed by atoms with van der Waals surface area (Å²) in [4.78, 5) is 16.4. The Balaban J connectivity index is 1.70. The lowest BCUT2D eigenvalue weighted by Crippen LogP contribution is -2.09. The van der Waals surface area contributed by atoms with Crippen molar-refractivity contribution >= 4 is 17.3 Å². The van der Waals surface area contributed by atoms with E-state index in [1.165, 1.54) is 23.5 Å². The van der Waals surface area contributed by atoms with Gasteiger partial charge in [0.1, 0.15) is 10.8 Å². The Labute approximate surface area is 176 Å². The standard InChI is InChI=1S/C22H20F3NO3S/c1-13(12-29-18-5-3-4-15(10-18)11-19(27)28)20-14(2)30-21(26-20)16-6-8-17(9-7-16)22(23,24)25/h3-10,13H,11-12H2,1-2H3,(H,27,28)/t13-/m0/s1. The van der Waals surface area contributed by atoms with Gasteiger partial charge in [0.25, 0.3) is 0 Å². The quantitative estimate of drug-likeness (QED) is 0.498. The first kappa shape index (κ1) is 21.8.